The van der Waals surface area contributed by atoms with E-state index in [0.29, 0.717) is 0 Å². The van der Waals surface area contributed by atoms with Gasteiger partial charge in [-0.25, -0.2) is 0 Å². The van der Waals surface area contributed by atoms with Crippen molar-refractivity contribution in [3.05, 3.63) is 21.3 Å². The van der Waals surface area contributed by atoms with Crippen molar-refractivity contribution in [1.82, 2.24) is 0 Å². The zero-order chi connectivity index (χ0) is 9.47. The molecule has 1 heterocycles. The number of halogens is 1. The highest BCUT2D eigenvalue weighted by Gasteiger charge is 2.37. The number of thiophene rings is 1. The highest BCUT2D eigenvalue weighted by atomic mass is 35.5. The van der Waals surface area contributed by atoms with Crippen LogP contribution in [0.2, 0.25) is 5.02 Å². The highest BCUT2D eigenvalue weighted by molar-refractivity contribution is 7.10. The summed E-state index contributed by atoms with van der Waals surface area (Å²) in [6.45, 7) is 2.26. The van der Waals surface area contributed by atoms with Gasteiger partial charge < -0.3 is 5.73 Å². The van der Waals surface area contributed by atoms with E-state index in [-0.39, 0.29) is 5.54 Å². The molecule has 3 heteroatoms. The van der Waals surface area contributed by atoms with Gasteiger partial charge in [-0.05, 0) is 36.6 Å². The molecule has 0 amide bonds. The smallest absolute Gasteiger partial charge is 0.0564 e. The molecule has 72 valence electrons. The number of hydrogen-bond donors (Lipinski definition) is 1. The van der Waals surface area contributed by atoms with Gasteiger partial charge >= 0.3 is 0 Å². The van der Waals surface area contributed by atoms with Crippen molar-refractivity contribution in [3.63, 3.8) is 0 Å². The molecule has 1 aromatic heterocycles. The van der Waals surface area contributed by atoms with Crippen LogP contribution in [-0.4, -0.2) is 0 Å². The van der Waals surface area contributed by atoms with Crippen LogP contribution in [0.25, 0.3) is 0 Å². The summed E-state index contributed by atoms with van der Waals surface area (Å²) in [5.74, 6) is 0.739. The van der Waals surface area contributed by atoms with Gasteiger partial charge in [-0.3, -0.25) is 0 Å². The maximum Gasteiger partial charge on any atom is 0.0564 e. The Labute approximate surface area is 87.9 Å². The van der Waals surface area contributed by atoms with Crippen LogP contribution in [0.15, 0.2) is 11.4 Å². The molecule has 13 heavy (non-hydrogen) atoms. The molecule has 2 atom stereocenters. The standard InChI is InChI=1S/C10H14ClNS/c1-7-2-4-10(12,6-7)9-8(11)3-5-13-9/h3,5,7H,2,4,6,12H2,1H3. The summed E-state index contributed by atoms with van der Waals surface area (Å²) in [5.41, 5.74) is 6.21. The van der Waals surface area contributed by atoms with E-state index in [9.17, 15) is 0 Å². The predicted molar refractivity (Wildman–Crippen MR) is 58.2 cm³/mol. The maximum absolute atomic E-state index is 6.34. The maximum atomic E-state index is 6.34. The van der Waals surface area contributed by atoms with Crippen LogP contribution < -0.4 is 5.73 Å². The van der Waals surface area contributed by atoms with Gasteiger partial charge in [0.1, 0.15) is 0 Å². The van der Waals surface area contributed by atoms with Crippen LogP contribution >= 0.6 is 22.9 Å². The number of rotatable bonds is 1. The second-order valence-corrected chi connectivity index (χ2v) is 5.43. The molecule has 1 saturated carbocycles. The Morgan fingerprint density at radius 1 is 1.69 bits per heavy atom. The predicted octanol–water partition coefficient (Wildman–Crippen LogP) is 3.38. The van der Waals surface area contributed by atoms with E-state index in [4.69, 9.17) is 17.3 Å². The molecule has 0 saturated heterocycles. The number of nitrogens with two attached hydrogens (primary N) is 1. The van der Waals surface area contributed by atoms with Gasteiger partial charge in [-0.1, -0.05) is 18.5 Å². The molecule has 0 bridgehead atoms. The molecule has 1 nitrogen and oxygen atoms in total. The first-order valence-electron chi connectivity index (χ1n) is 4.64. The third kappa shape index (κ3) is 1.63. The molecule has 2 rings (SSSR count). The van der Waals surface area contributed by atoms with Crippen molar-refractivity contribution in [3.8, 4) is 0 Å². The molecule has 0 radical (unpaired) electrons. The molecule has 0 aliphatic heterocycles. The topological polar surface area (TPSA) is 26.0 Å². The molecular weight excluding hydrogens is 202 g/mol. The summed E-state index contributed by atoms with van der Waals surface area (Å²) in [4.78, 5) is 1.18. The van der Waals surface area contributed by atoms with Crippen LogP contribution in [0.4, 0.5) is 0 Å². The largest absolute Gasteiger partial charge is 0.321 e. The second-order valence-electron chi connectivity index (χ2n) is 4.10. The molecule has 1 aliphatic rings. The van der Waals surface area contributed by atoms with Gasteiger partial charge in [0.15, 0.2) is 0 Å². The first-order valence-corrected chi connectivity index (χ1v) is 5.90. The number of hydrogen-bond acceptors (Lipinski definition) is 2. The summed E-state index contributed by atoms with van der Waals surface area (Å²) in [6.07, 6.45) is 3.38. The van der Waals surface area contributed by atoms with Crippen molar-refractivity contribution in [1.29, 1.82) is 0 Å². The van der Waals surface area contributed by atoms with Gasteiger partial charge in [0.2, 0.25) is 0 Å². The summed E-state index contributed by atoms with van der Waals surface area (Å²) in [5, 5.41) is 2.87. The Morgan fingerprint density at radius 3 is 2.92 bits per heavy atom. The minimum atomic E-state index is -0.134. The lowest BCUT2D eigenvalue weighted by atomic mass is 9.96. The van der Waals surface area contributed by atoms with Crippen LogP contribution in [0, 0.1) is 5.92 Å². The Bertz CT molecular complexity index is 310. The molecule has 1 aromatic rings. The molecule has 2 N–H and O–H groups in total. The van der Waals surface area contributed by atoms with E-state index in [1.165, 1.54) is 11.3 Å². The van der Waals surface area contributed by atoms with Crippen molar-refractivity contribution in [2.24, 2.45) is 11.7 Å². The fourth-order valence-corrected chi connectivity index (χ4v) is 3.59. The Balaban J connectivity index is 2.30. The van der Waals surface area contributed by atoms with Crippen LogP contribution in [-0.2, 0) is 5.54 Å². The SMILES string of the molecule is CC1CCC(N)(c2sccc2Cl)C1. The Hall–Kier alpha value is -0.0500. The molecular formula is C10H14ClNS. The molecule has 0 spiro atoms. The van der Waals surface area contributed by atoms with Crippen molar-refractivity contribution in [2.45, 2.75) is 31.7 Å². The van der Waals surface area contributed by atoms with Crippen LogP contribution in [0.1, 0.15) is 31.1 Å². The fourth-order valence-electron chi connectivity index (χ4n) is 2.19. The zero-order valence-electron chi connectivity index (χ0n) is 7.72. The van der Waals surface area contributed by atoms with Gasteiger partial charge in [-0.2, -0.15) is 0 Å². The summed E-state index contributed by atoms with van der Waals surface area (Å²) in [7, 11) is 0. The minimum absolute atomic E-state index is 0.134. The third-order valence-electron chi connectivity index (χ3n) is 2.87. The van der Waals surface area contributed by atoms with Crippen molar-refractivity contribution in [2.75, 3.05) is 0 Å². The first-order chi connectivity index (χ1) is 6.12. The highest BCUT2D eigenvalue weighted by Crippen LogP contribution is 2.44. The van der Waals surface area contributed by atoms with E-state index < -0.39 is 0 Å². The third-order valence-corrected chi connectivity index (χ3v) is 4.43. The minimum Gasteiger partial charge on any atom is -0.321 e. The average Bonchev–Trinajstić information content (AvgIpc) is 2.59. The van der Waals surface area contributed by atoms with Gasteiger partial charge in [0.05, 0.1) is 10.6 Å². The average molecular weight is 216 g/mol. The first kappa shape index (κ1) is 9.50. The van der Waals surface area contributed by atoms with Crippen molar-refractivity contribution < 1.29 is 0 Å². The normalized spacial score (nSPS) is 33.9. The van der Waals surface area contributed by atoms with Crippen molar-refractivity contribution >= 4 is 22.9 Å². The lowest BCUT2D eigenvalue weighted by Gasteiger charge is -2.22. The van der Waals surface area contributed by atoms with E-state index >= 15 is 0 Å². The molecule has 1 fully saturated rings. The lowest BCUT2D eigenvalue weighted by Crippen LogP contribution is -2.32. The second kappa shape index (κ2) is 3.26. The van der Waals surface area contributed by atoms with E-state index in [1.807, 2.05) is 11.4 Å². The Kier molecular flexibility index (Phi) is 2.39. The monoisotopic (exact) mass is 215 g/mol. The fraction of sp³-hybridized carbons (Fsp3) is 0.600. The van der Waals surface area contributed by atoms with Gasteiger partial charge in [-0.15, -0.1) is 11.3 Å². The Morgan fingerprint density at radius 2 is 2.46 bits per heavy atom. The summed E-state index contributed by atoms with van der Waals surface area (Å²) in [6, 6.07) is 1.94. The van der Waals surface area contributed by atoms with E-state index in [0.717, 1.165) is 23.8 Å². The zero-order valence-corrected chi connectivity index (χ0v) is 9.29. The van der Waals surface area contributed by atoms with E-state index in [1.54, 1.807) is 11.3 Å². The van der Waals surface area contributed by atoms with Gasteiger partial charge in [0, 0.05) is 4.88 Å². The molecule has 1 aliphatic carbocycles. The quantitative estimate of drug-likeness (QED) is 0.764. The molecule has 0 aromatic carbocycles. The lowest BCUT2D eigenvalue weighted by molar-refractivity contribution is 0.449. The summed E-state index contributed by atoms with van der Waals surface area (Å²) >= 11 is 7.78. The molecule has 2 unspecified atom stereocenters. The van der Waals surface area contributed by atoms with Crippen LogP contribution in [0.3, 0.4) is 0 Å². The summed E-state index contributed by atoms with van der Waals surface area (Å²) < 4.78 is 0. The van der Waals surface area contributed by atoms with Crippen LogP contribution in [0.5, 0.6) is 0 Å². The van der Waals surface area contributed by atoms with Gasteiger partial charge in [0.25, 0.3) is 0 Å². The van der Waals surface area contributed by atoms with E-state index in [2.05, 4.69) is 6.92 Å².